The summed E-state index contributed by atoms with van der Waals surface area (Å²) in [5.41, 5.74) is 0. The molecule has 3 aliphatic rings. The van der Waals surface area contributed by atoms with Gasteiger partial charge in [-0.1, -0.05) is 0 Å². The lowest BCUT2D eigenvalue weighted by atomic mass is 10.4. The zero-order valence-electron chi connectivity index (χ0n) is 6.49. The first-order valence-electron chi connectivity index (χ1n) is 4.02. The molecule has 0 unspecified atom stereocenters. The molecule has 0 saturated carbocycles. The van der Waals surface area contributed by atoms with E-state index < -0.39 is 6.48 Å². The summed E-state index contributed by atoms with van der Waals surface area (Å²) >= 11 is 0. The van der Waals surface area contributed by atoms with Gasteiger partial charge in [-0.05, 0) is 0 Å². The molecule has 0 radical (unpaired) electrons. The maximum Gasteiger partial charge on any atom is 0.271 e. The number of hydrogen-bond acceptors (Lipinski definition) is 4. The van der Waals surface area contributed by atoms with Crippen LogP contribution in [0.5, 0.6) is 0 Å². The van der Waals surface area contributed by atoms with Crippen LogP contribution in [0, 0.1) is 0 Å². The fourth-order valence-electron chi connectivity index (χ4n) is 1.31. The molecule has 0 atom stereocenters. The lowest BCUT2D eigenvalue weighted by molar-refractivity contribution is -0.307. The number of ether oxygens (including phenoxy) is 3. The van der Waals surface area contributed by atoms with Crippen molar-refractivity contribution in [2.24, 2.45) is 0 Å². The van der Waals surface area contributed by atoms with E-state index in [1.54, 1.807) is 0 Å². The quantitative estimate of drug-likeness (QED) is 0.483. The summed E-state index contributed by atoms with van der Waals surface area (Å²) in [6, 6.07) is 0. The fraction of sp³-hybridized carbons (Fsp3) is 1.00. The minimum absolute atomic E-state index is 0.405. The van der Waals surface area contributed by atoms with Crippen LogP contribution in [0.15, 0.2) is 0 Å². The highest BCUT2D eigenvalue weighted by molar-refractivity contribution is 4.60. The third kappa shape index (κ3) is 1.90. The first-order valence-corrected chi connectivity index (χ1v) is 4.02. The van der Waals surface area contributed by atoms with Gasteiger partial charge in [-0.15, -0.1) is 0 Å². The van der Waals surface area contributed by atoms with Crippen molar-refractivity contribution in [3.63, 3.8) is 0 Å². The number of hydrogen-bond donors (Lipinski definition) is 0. The zero-order valence-corrected chi connectivity index (χ0v) is 6.49. The van der Waals surface area contributed by atoms with Gasteiger partial charge < -0.3 is 14.2 Å². The van der Waals surface area contributed by atoms with Gasteiger partial charge in [0.2, 0.25) is 0 Å². The third-order valence-corrected chi connectivity index (χ3v) is 1.98. The van der Waals surface area contributed by atoms with E-state index in [4.69, 9.17) is 14.2 Å². The van der Waals surface area contributed by atoms with Crippen molar-refractivity contribution in [2.75, 3.05) is 39.5 Å². The molecule has 0 amide bonds. The van der Waals surface area contributed by atoms with Crippen LogP contribution in [0.4, 0.5) is 0 Å². The van der Waals surface area contributed by atoms with Crippen LogP contribution in [0.1, 0.15) is 0 Å². The van der Waals surface area contributed by atoms with Gasteiger partial charge in [-0.2, -0.15) is 0 Å². The van der Waals surface area contributed by atoms with Crippen molar-refractivity contribution in [3.05, 3.63) is 0 Å². The van der Waals surface area contributed by atoms with Gasteiger partial charge in [-0.3, -0.25) is 4.90 Å². The molecule has 0 N–H and O–H groups in total. The van der Waals surface area contributed by atoms with Gasteiger partial charge in [0.15, 0.2) is 0 Å². The SMILES string of the molecule is C1CN2CCOC(O1)OCC2. The van der Waals surface area contributed by atoms with E-state index in [0.29, 0.717) is 19.8 Å². The van der Waals surface area contributed by atoms with Gasteiger partial charge in [0.25, 0.3) is 6.48 Å². The second-order valence-electron chi connectivity index (χ2n) is 2.74. The Balaban J connectivity index is 1.96. The lowest BCUT2D eigenvalue weighted by Crippen LogP contribution is -2.43. The minimum atomic E-state index is -0.405. The molecule has 3 fully saturated rings. The van der Waals surface area contributed by atoms with Gasteiger partial charge in [-0.25, -0.2) is 0 Å². The summed E-state index contributed by atoms with van der Waals surface area (Å²) in [5.74, 6) is 0. The highest BCUT2D eigenvalue weighted by Crippen LogP contribution is 2.06. The molecule has 0 aromatic rings. The van der Waals surface area contributed by atoms with Gasteiger partial charge in [0.05, 0.1) is 19.8 Å². The first kappa shape index (κ1) is 7.49. The Morgan fingerprint density at radius 3 is 1.73 bits per heavy atom. The van der Waals surface area contributed by atoms with Crippen molar-refractivity contribution < 1.29 is 14.2 Å². The minimum Gasteiger partial charge on any atom is -0.329 e. The third-order valence-electron chi connectivity index (χ3n) is 1.98. The Morgan fingerprint density at radius 1 is 0.818 bits per heavy atom. The Hall–Kier alpha value is -0.160. The lowest BCUT2D eigenvalue weighted by Gasteiger charge is -2.31. The Kier molecular flexibility index (Phi) is 2.38. The molecule has 0 aromatic heterocycles. The largest absolute Gasteiger partial charge is 0.329 e. The average molecular weight is 159 g/mol. The highest BCUT2D eigenvalue weighted by atomic mass is 16.8. The number of rotatable bonds is 0. The number of nitrogens with zero attached hydrogens (tertiary/aromatic N) is 1. The Labute approximate surface area is 66.0 Å². The standard InChI is InChI=1S/C7H13NO3/c1-4-9-7-10-5-2-8(1)3-6-11-7/h7H,1-6H2. The molecule has 3 rings (SSSR count). The second kappa shape index (κ2) is 3.49. The van der Waals surface area contributed by atoms with E-state index in [1.165, 1.54) is 0 Å². The average Bonchev–Trinajstić information content (AvgIpc) is 1.80. The number of fused-ring (bicyclic) bond motifs is 6. The summed E-state index contributed by atoms with van der Waals surface area (Å²) in [7, 11) is 0. The van der Waals surface area contributed by atoms with E-state index in [9.17, 15) is 0 Å². The predicted molar refractivity (Wildman–Crippen MR) is 38.1 cm³/mol. The predicted octanol–water partition coefficient (Wildman–Crippen LogP) is -0.351. The van der Waals surface area contributed by atoms with Crippen LogP contribution < -0.4 is 0 Å². The van der Waals surface area contributed by atoms with E-state index in [-0.39, 0.29) is 0 Å². The Bertz CT molecular complexity index is 95.1. The molecule has 3 saturated heterocycles. The summed E-state index contributed by atoms with van der Waals surface area (Å²) in [4.78, 5) is 2.29. The van der Waals surface area contributed by atoms with E-state index in [2.05, 4.69) is 4.90 Å². The van der Waals surface area contributed by atoms with Crippen LogP contribution in [0.2, 0.25) is 0 Å². The van der Waals surface area contributed by atoms with E-state index >= 15 is 0 Å². The zero-order chi connectivity index (χ0) is 7.52. The second-order valence-corrected chi connectivity index (χ2v) is 2.74. The highest BCUT2D eigenvalue weighted by Gasteiger charge is 2.19. The summed E-state index contributed by atoms with van der Waals surface area (Å²) in [6.07, 6.45) is 0. The van der Waals surface area contributed by atoms with Crippen LogP contribution in [-0.4, -0.2) is 50.8 Å². The van der Waals surface area contributed by atoms with Crippen molar-refractivity contribution in [3.8, 4) is 0 Å². The maximum absolute atomic E-state index is 5.27. The summed E-state index contributed by atoms with van der Waals surface area (Å²) in [5, 5.41) is 0. The van der Waals surface area contributed by atoms with Gasteiger partial charge in [0, 0.05) is 19.6 Å². The van der Waals surface area contributed by atoms with Crippen LogP contribution in [0.25, 0.3) is 0 Å². The molecule has 3 heterocycles. The van der Waals surface area contributed by atoms with E-state index in [1.807, 2.05) is 0 Å². The van der Waals surface area contributed by atoms with Crippen LogP contribution in [-0.2, 0) is 14.2 Å². The molecule has 11 heavy (non-hydrogen) atoms. The molecular weight excluding hydrogens is 146 g/mol. The molecule has 64 valence electrons. The van der Waals surface area contributed by atoms with E-state index in [0.717, 1.165) is 19.6 Å². The smallest absolute Gasteiger partial charge is 0.271 e. The topological polar surface area (TPSA) is 30.9 Å². The molecular formula is C7H13NO3. The maximum atomic E-state index is 5.27. The molecule has 3 aliphatic heterocycles. The first-order chi connectivity index (χ1) is 5.45. The molecule has 4 heteroatoms. The normalized spacial score (nSPS) is 39.3. The van der Waals surface area contributed by atoms with Crippen molar-refractivity contribution >= 4 is 0 Å². The summed E-state index contributed by atoms with van der Waals surface area (Å²) in [6.45, 7) is 4.74. The molecule has 2 bridgehead atoms. The van der Waals surface area contributed by atoms with Gasteiger partial charge >= 0.3 is 0 Å². The molecule has 0 spiro atoms. The molecule has 0 aliphatic carbocycles. The van der Waals surface area contributed by atoms with Crippen molar-refractivity contribution in [2.45, 2.75) is 6.48 Å². The Morgan fingerprint density at radius 2 is 1.27 bits per heavy atom. The van der Waals surface area contributed by atoms with Crippen molar-refractivity contribution in [1.29, 1.82) is 0 Å². The van der Waals surface area contributed by atoms with Gasteiger partial charge in [0.1, 0.15) is 0 Å². The monoisotopic (exact) mass is 159 g/mol. The van der Waals surface area contributed by atoms with Crippen LogP contribution >= 0.6 is 0 Å². The summed E-state index contributed by atoms with van der Waals surface area (Å²) < 4.78 is 15.8. The van der Waals surface area contributed by atoms with Crippen molar-refractivity contribution in [1.82, 2.24) is 4.90 Å². The van der Waals surface area contributed by atoms with Crippen LogP contribution in [0.3, 0.4) is 0 Å². The molecule has 4 nitrogen and oxygen atoms in total. The molecule has 0 aromatic carbocycles. The fourth-order valence-corrected chi connectivity index (χ4v) is 1.31.